The van der Waals surface area contributed by atoms with Gasteiger partial charge in [0.1, 0.15) is 6.33 Å². The van der Waals surface area contributed by atoms with Gasteiger partial charge in [-0.25, -0.2) is 0 Å². The number of aromatic nitrogens is 4. The number of hydrogen-bond donors (Lipinski definition) is 1. The molecule has 2 heterocycles. The van der Waals surface area contributed by atoms with Crippen molar-refractivity contribution in [2.24, 2.45) is 0 Å². The van der Waals surface area contributed by atoms with Crippen molar-refractivity contribution in [3.8, 4) is 0 Å². The third-order valence-corrected chi connectivity index (χ3v) is 3.53. The van der Waals surface area contributed by atoms with Gasteiger partial charge in [-0.3, -0.25) is 4.79 Å². The predicted molar refractivity (Wildman–Crippen MR) is 71.1 cm³/mol. The summed E-state index contributed by atoms with van der Waals surface area (Å²) in [6, 6.07) is 10.0. The van der Waals surface area contributed by atoms with Gasteiger partial charge in [0.15, 0.2) is 0 Å². The normalized spacial score (nSPS) is 10.7. The molecule has 0 unspecified atom stereocenters. The van der Waals surface area contributed by atoms with Crippen LogP contribution in [0.15, 0.2) is 36.7 Å². The molecule has 1 aromatic carbocycles. The molecule has 0 spiro atoms. The average Bonchev–Trinajstić information content (AvgIpc) is 3.00. The van der Waals surface area contributed by atoms with Crippen LogP contribution in [0.1, 0.15) is 15.4 Å². The van der Waals surface area contributed by atoms with Crippen molar-refractivity contribution >= 4 is 22.2 Å². The molecule has 0 saturated carbocycles. The van der Waals surface area contributed by atoms with Crippen LogP contribution < -0.4 is 5.32 Å². The molecule has 0 aliphatic carbocycles. The molecular weight excluding hydrogens is 262 g/mol. The van der Waals surface area contributed by atoms with E-state index in [4.69, 9.17) is 0 Å². The van der Waals surface area contributed by atoms with Crippen molar-refractivity contribution in [1.82, 2.24) is 25.1 Å². The minimum absolute atomic E-state index is 0.175. The summed E-state index contributed by atoms with van der Waals surface area (Å²) in [6.45, 7) is 0.586. The zero-order valence-electron chi connectivity index (χ0n) is 9.98. The summed E-state index contributed by atoms with van der Waals surface area (Å²) >= 11 is 1.22. The van der Waals surface area contributed by atoms with Crippen LogP contribution in [0.5, 0.6) is 0 Å². The fourth-order valence-corrected chi connectivity index (χ4v) is 2.43. The maximum atomic E-state index is 11.9. The standard InChI is InChI=1S/C12H11N5OS/c18-10(11-16-17-8-14-15-12(17)19-11)13-7-6-9-4-2-1-3-5-9/h1-5,8H,6-7H2,(H,13,18). The van der Waals surface area contributed by atoms with Gasteiger partial charge >= 0.3 is 0 Å². The minimum Gasteiger partial charge on any atom is -0.350 e. The molecule has 6 nitrogen and oxygen atoms in total. The topological polar surface area (TPSA) is 72.2 Å². The van der Waals surface area contributed by atoms with Crippen molar-refractivity contribution in [1.29, 1.82) is 0 Å². The first kappa shape index (κ1) is 11.8. The molecule has 0 saturated heterocycles. The van der Waals surface area contributed by atoms with Crippen LogP contribution in [0.25, 0.3) is 4.96 Å². The summed E-state index contributed by atoms with van der Waals surface area (Å²) in [5.74, 6) is -0.175. The van der Waals surface area contributed by atoms with E-state index in [1.165, 1.54) is 27.7 Å². The maximum Gasteiger partial charge on any atom is 0.282 e. The van der Waals surface area contributed by atoms with E-state index in [0.29, 0.717) is 16.5 Å². The van der Waals surface area contributed by atoms with Crippen LogP contribution in [0.3, 0.4) is 0 Å². The molecule has 0 aliphatic heterocycles. The first-order valence-corrected chi connectivity index (χ1v) is 6.63. The minimum atomic E-state index is -0.175. The lowest BCUT2D eigenvalue weighted by molar-refractivity contribution is 0.0952. The Morgan fingerprint density at radius 1 is 1.32 bits per heavy atom. The van der Waals surface area contributed by atoms with Gasteiger partial charge in [0.05, 0.1) is 0 Å². The molecule has 19 heavy (non-hydrogen) atoms. The quantitative estimate of drug-likeness (QED) is 0.774. The lowest BCUT2D eigenvalue weighted by Crippen LogP contribution is -2.25. The second-order valence-electron chi connectivity index (χ2n) is 3.96. The molecule has 0 radical (unpaired) electrons. The van der Waals surface area contributed by atoms with Crippen LogP contribution in [-0.2, 0) is 6.42 Å². The van der Waals surface area contributed by atoms with E-state index < -0.39 is 0 Å². The van der Waals surface area contributed by atoms with Crippen LogP contribution in [0.2, 0.25) is 0 Å². The Morgan fingerprint density at radius 2 is 2.16 bits per heavy atom. The van der Waals surface area contributed by atoms with Gasteiger partial charge in [0, 0.05) is 6.54 Å². The highest BCUT2D eigenvalue weighted by Crippen LogP contribution is 2.11. The number of carbonyl (C=O) groups is 1. The molecule has 3 rings (SSSR count). The van der Waals surface area contributed by atoms with E-state index in [-0.39, 0.29) is 5.91 Å². The van der Waals surface area contributed by atoms with Gasteiger partial charge in [0.2, 0.25) is 9.97 Å². The molecule has 7 heteroatoms. The third kappa shape index (κ3) is 2.60. The molecule has 0 atom stereocenters. The van der Waals surface area contributed by atoms with Crippen molar-refractivity contribution < 1.29 is 4.79 Å². The number of nitrogens with one attached hydrogen (secondary N) is 1. The molecule has 3 aromatic rings. The fraction of sp³-hybridized carbons (Fsp3) is 0.167. The molecule has 96 valence electrons. The Bertz CT molecular complexity index is 662. The van der Waals surface area contributed by atoms with Gasteiger partial charge in [-0.05, 0) is 12.0 Å². The molecule has 0 bridgehead atoms. The lowest BCUT2D eigenvalue weighted by Gasteiger charge is -2.02. The van der Waals surface area contributed by atoms with E-state index in [1.54, 1.807) is 0 Å². The lowest BCUT2D eigenvalue weighted by atomic mass is 10.1. The number of hydrogen-bond acceptors (Lipinski definition) is 5. The Balaban J connectivity index is 1.58. The maximum absolute atomic E-state index is 11.9. The SMILES string of the molecule is O=C(NCCc1ccccc1)c1nn2cnnc2s1. The fourth-order valence-electron chi connectivity index (χ4n) is 1.69. The van der Waals surface area contributed by atoms with Gasteiger partial charge in [0.25, 0.3) is 5.91 Å². The summed E-state index contributed by atoms with van der Waals surface area (Å²) in [5.41, 5.74) is 1.20. The molecule has 2 aromatic heterocycles. The Hall–Kier alpha value is -2.28. The summed E-state index contributed by atoms with van der Waals surface area (Å²) in [5, 5.41) is 14.9. The predicted octanol–water partition coefficient (Wildman–Crippen LogP) is 1.16. The highest BCUT2D eigenvalue weighted by Gasteiger charge is 2.12. The molecule has 0 aliphatic rings. The second kappa shape index (κ2) is 5.15. The molecule has 1 N–H and O–H groups in total. The Kier molecular flexibility index (Phi) is 3.20. The zero-order valence-corrected chi connectivity index (χ0v) is 10.8. The van der Waals surface area contributed by atoms with Gasteiger partial charge in [-0.2, -0.15) is 4.52 Å². The number of nitrogens with zero attached hydrogens (tertiary/aromatic N) is 4. The largest absolute Gasteiger partial charge is 0.350 e. The molecule has 0 fully saturated rings. The monoisotopic (exact) mass is 273 g/mol. The van der Waals surface area contributed by atoms with Gasteiger partial charge < -0.3 is 5.32 Å². The number of carbonyl (C=O) groups excluding carboxylic acids is 1. The first-order chi connectivity index (χ1) is 9.33. The smallest absolute Gasteiger partial charge is 0.282 e. The summed E-state index contributed by atoms with van der Waals surface area (Å²) in [7, 11) is 0. The van der Waals surface area contributed by atoms with Crippen LogP contribution in [0.4, 0.5) is 0 Å². The third-order valence-electron chi connectivity index (χ3n) is 2.62. The number of rotatable bonds is 4. The average molecular weight is 273 g/mol. The van der Waals surface area contributed by atoms with E-state index >= 15 is 0 Å². The molecule has 1 amide bonds. The Morgan fingerprint density at radius 3 is 2.95 bits per heavy atom. The van der Waals surface area contributed by atoms with Gasteiger partial charge in [-0.15, -0.1) is 15.3 Å². The highest BCUT2D eigenvalue weighted by molar-refractivity contribution is 7.18. The van der Waals surface area contributed by atoms with E-state index in [9.17, 15) is 4.79 Å². The van der Waals surface area contributed by atoms with E-state index in [0.717, 1.165) is 6.42 Å². The van der Waals surface area contributed by atoms with Crippen LogP contribution in [-0.4, -0.2) is 32.3 Å². The number of benzene rings is 1. The van der Waals surface area contributed by atoms with Crippen molar-refractivity contribution in [3.63, 3.8) is 0 Å². The van der Waals surface area contributed by atoms with Crippen molar-refractivity contribution in [2.45, 2.75) is 6.42 Å². The zero-order chi connectivity index (χ0) is 13.1. The van der Waals surface area contributed by atoms with Crippen LogP contribution in [0, 0.1) is 0 Å². The molecular formula is C12H11N5OS. The highest BCUT2D eigenvalue weighted by atomic mass is 32.1. The Labute approximate surface area is 113 Å². The second-order valence-corrected chi connectivity index (χ2v) is 4.91. The van der Waals surface area contributed by atoms with Crippen molar-refractivity contribution in [2.75, 3.05) is 6.54 Å². The van der Waals surface area contributed by atoms with E-state index in [2.05, 4.69) is 20.6 Å². The number of fused-ring (bicyclic) bond motifs is 1. The summed E-state index contributed by atoms with van der Waals surface area (Å²) in [4.78, 5) is 12.5. The first-order valence-electron chi connectivity index (χ1n) is 5.82. The summed E-state index contributed by atoms with van der Waals surface area (Å²) < 4.78 is 1.50. The number of amides is 1. The van der Waals surface area contributed by atoms with Crippen LogP contribution >= 0.6 is 11.3 Å². The summed E-state index contributed by atoms with van der Waals surface area (Å²) in [6.07, 6.45) is 2.28. The van der Waals surface area contributed by atoms with Crippen molar-refractivity contribution in [3.05, 3.63) is 47.2 Å². The van der Waals surface area contributed by atoms with E-state index in [1.807, 2.05) is 30.3 Å². The van der Waals surface area contributed by atoms with Gasteiger partial charge in [-0.1, -0.05) is 41.7 Å².